The van der Waals surface area contributed by atoms with E-state index in [2.05, 4.69) is 5.32 Å². The van der Waals surface area contributed by atoms with Gasteiger partial charge in [0, 0.05) is 28.9 Å². The van der Waals surface area contributed by atoms with E-state index in [1.165, 1.54) is 4.90 Å². The predicted octanol–water partition coefficient (Wildman–Crippen LogP) is 4.88. The van der Waals surface area contributed by atoms with E-state index in [1.807, 2.05) is 0 Å². The largest absolute Gasteiger partial charge is 0.381 e. The summed E-state index contributed by atoms with van der Waals surface area (Å²) < 4.78 is 5.50. The van der Waals surface area contributed by atoms with E-state index in [0.717, 1.165) is 22.9 Å². The number of carbonyl (C=O) groups is 3. The summed E-state index contributed by atoms with van der Waals surface area (Å²) in [6.45, 7) is 1.14. The first kappa shape index (κ1) is 22.1. The van der Waals surface area contributed by atoms with Gasteiger partial charge in [0.2, 0.25) is 11.8 Å². The van der Waals surface area contributed by atoms with Crippen LogP contribution in [0, 0.1) is 0 Å². The molecule has 2 aromatic carbocycles. The van der Waals surface area contributed by atoms with Crippen LogP contribution in [0.1, 0.15) is 24.0 Å². The van der Waals surface area contributed by atoms with Crippen LogP contribution in [0.4, 0.5) is 10.5 Å². The molecule has 2 fully saturated rings. The molecule has 0 aromatic heterocycles. The molecule has 6 nitrogen and oxygen atoms in total. The minimum atomic E-state index is -0.815. The molecule has 0 radical (unpaired) electrons. The van der Waals surface area contributed by atoms with Crippen molar-refractivity contribution >= 4 is 57.7 Å². The lowest BCUT2D eigenvalue weighted by molar-refractivity contribution is -0.125. The fraction of sp³-hybridized carbons (Fsp3) is 0.318. The van der Waals surface area contributed by atoms with Crippen molar-refractivity contribution in [3.8, 4) is 0 Å². The lowest BCUT2D eigenvalue weighted by atomic mass is 9.73. The second-order valence-corrected chi connectivity index (χ2v) is 9.27. The number of rotatable bonds is 5. The maximum absolute atomic E-state index is 13.4. The zero-order valence-corrected chi connectivity index (χ0v) is 18.9. The number of benzene rings is 2. The number of anilines is 1. The van der Waals surface area contributed by atoms with E-state index in [4.69, 9.17) is 27.9 Å². The van der Waals surface area contributed by atoms with E-state index >= 15 is 0 Å². The van der Waals surface area contributed by atoms with Gasteiger partial charge in [0.25, 0.3) is 5.24 Å². The number of nitrogens with one attached hydrogen (secondary N) is 1. The summed E-state index contributed by atoms with van der Waals surface area (Å²) in [7, 11) is 0. The number of hydrogen-bond acceptors (Lipinski definition) is 5. The third kappa shape index (κ3) is 4.60. The van der Waals surface area contributed by atoms with E-state index in [0.29, 0.717) is 41.8 Å². The third-order valence-corrected chi connectivity index (χ3v) is 7.03. The van der Waals surface area contributed by atoms with E-state index in [1.54, 1.807) is 42.5 Å². The summed E-state index contributed by atoms with van der Waals surface area (Å²) in [5.41, 5.74) is 1.35. The van der Waals surface area contributed by atoms with E-state index in [-0.39, 0.29) is 29.4 Å². The highest BCUT2D eigenvalue weighted by Crippen LogP contribution is 2.40. The fourth-order valence-corrected chi connectivity index (χ4v) is 5.19. The van der Waals surface area contributed by atoms with Crippen molar-refractivity contribution in [3.05, 3.63) is 63.6 Å². The van der Waals surface area contributed by atoms with Gasteiger partial charge in [-0.15, -0.1) is 0 Å². The van der Waals surface area contributed by atoms with Gasteiger partial charge in [-0.3, -0.25) is 19.3 Å². The average molecular weight is 479 g/mol. The Morgan fingerprint density at radius 2 is 1.81 bits per heavy atom. The molecule has 2 aromatic rings. The molecule has 2 heterocycles. The second kappa shape index (κ2) is 9.20. The summed E-state index contributed by atoms with van der Waals surface area (Å²) in [5, 5.41) is 3.73. The summed E-state index contributed by atoms with van der Waals surface area (Å²) in [4.78, 5) is 38.2. The second-order valence-electron chi connectivity index (χ2n) is 7.50. The zero-order valence-electron chi connectivity index (χ0n) is 16.5. The van der Waals surface area contributed by atoms with Crippen molar-refractivity contribution in [2.45, 2.75) is 24.8 Å². The van der Waals surface area contributed by atoms with Crippen molar-refractivity contribution in [1.82, 2.24) is 4.90 Å². The first-order valence-electron chi connectivity index (χ1n) is 9.80. The van der Waals surface area contributed by atoms with Crippen LogP contribution >= 0.6 is 35.0 Å². The van der Waals surface area contributed by atoms with Gasteiger partial charge in [-0.25, -0.2) is 0 Å². The number of carbonyl (C=O) groups excluding carboxylic acids is 3. The van der Waals surface area contributed by atoms with Crippen molar-refractivity contribution in [3.63, 3.8) is 0 Å². The van der Waals surface area contributed by atoms with Gasteiger partial charge < -0.3 is 10.1 Å². The first-order valence-corrected chi connectivity index (χ1v) is 11.5. The van der Waals surface area contributed by atoms with Crippen LogP contribution in [0.25, 0.3) is 0 Å². The Hall–Kier alpha value is -2.06. The van der Waals surface area contributed by atoms with E-state index < -0.39 is 5.41 Å². The fourth-order valence-electron chi connectivity index (χ4n) is 3.88. The van der Waals surface area contributed by atoms with Crippen molar-refractivity contribution in [2.75, 3.05) is 24.3 Å². The minimum Gasteiger partial charge on any atom is -0.381 e. The molecule has 0 atom stereocenters. The van der Waals surface area contributed by atoms with Gasteiger partial charge in [0.15, 0.2) is 0 Å². The first-order chi connectivity index (χ1) is 14.9. The quantitative estimate of drug-likeness (QED) is 0.662. The van der Waals surface area contributed by atoms with E-state index in [9.17, 15) is 14.4 Å². The van der Waals surface area contributed by atoms with Crippen LogP contribution in [0.5, 0.6) is 0 Å². The number of amides is 3. The highest BCUT2D eigenvalue weighted by atomic mass is 35.5. The van der Waals surface area contributed by atoms with Gasteiger partial charge >= 0.3 is 0 Å². The highest BCUT2D eigenvalue weighted by Gasteiger charge is 2.43. The maximum atomic E-state index is 13.4. The number of hydrogen-bond donors (Lipinski definition) is 1. The van der Waals surface area contributed by atoms with Crippen LogP contribution in [0.3, 0.4) is 0 Å². The molecule has 2 aliphatic rings. The molecule has 31 heavy (non-hydrogen) atoms. The summed E-state index contributed by atoms with van der Waals surface area (Å²) >= 11 is 13.5. The van der Waals surface area contributed by atoms with Crippen molar-refractivity contribution in [2.24, 2.45) is 0 Å². The molecule has 0 bridgehead atoms. The Balaban J connectivity index is 1.52. The molecular formula is C22H20Cl2N2O4S. The number of nitrogens with zero attached hydrogens (tertiary/aromatic N) is 1. The normalized spacial score (nSPS) is 18.3. The molecule has 9 heteroatoms. The molecule has 3 amide bonds. The van der Waals surface area contributed by atoms with Crippen LogP contribution < -0.4 is 5.32 Å². The predicted molar refractivity (Wildman–Crippen MR) is 122 cm³/mol. The van der Waals surface area contributed by atoms with Gasteiger partial charge in [0.1, 0.15) is 0 Å². The molecule has 0 unspecified atom stereocenters. The van der Waals surface area contributed by atoms with Gasteiger partial charge in [-0.1, -0.05) is 53.2 Å². The van der Waals surface area contributed by atoms with Gasteiger partial charge in [0.05, 0.1) is 17.7 Å². The van der Waals surface area contributed by atoms with Crippen LogP contribution in [0.2, 0.25) is 10.0 Å². The molecular weight excluding hydrogens is 459 g/mol. The zero-order chi connectivity index (χ0) is 22.0. The Morgan fingerprint density at radius 1 is 1.10 bits per heavy atom. The molecule has 0 saturated carbocycles. The standard InChI is InChI=1S/C22H20Cl2N2O4S/c23-15-3-6-17(18(24)11-15)22(7-9-30-10-8-22)20(28)25-16-4-1-14(2-5-16)12-26-19(27)13-31-21(26)29/h1-6,11H,7-10,12-13H2,(H,25,28). The molecule has 2 saturated heterocycles. The van der Waals surface area contributed by atoms with Crippen molar-refractivity contribution < 1.29 is 19.1 Å². The van der Waals surface area contributed by atoms with Gasteiger partial charge in [-0.05, 0) is 48.2 Å². The molecule has 0 spiro atoms. The van der Waals surface area contributed by atoms with Crippen LogP contribution in [0.15, 0.2) is 42.5 Å². The van der Waals surface area contributed by atoms with Crippen LogP contribution in [-0.2, 0) is 26.3 Å². The Kier molecular flexibility index (Phi) is 6.57. The summed E-state index contributed by atoms with van der Waals surface area (Å²) in [6.07, 6.45) is 1.02. The van der Waals surface area contributed by atoms with Gasteiger partial charge in [-0.2, -0.15) is 0 Å². The molecule has 2 aliphatic heterocycles. The average Bonchev–Trinajstić information content (AvgIpc) is 3.07. The Bertz CT molecular complexity index is 1010. The molecule has 4 rings (SSSR count). The maximum Gasteiger partial charge on any atom is 0.289 e. The lowest BCUT2D eigenvalue weighted by Crippen LogP contribution is -2.45. The SMILES string of the molecule is O=C1CSC(=O)N1Cc1ccc(NC(=O)C2(c3ccc(Cl)cc3Cl)CCOCC2)cc1. The Morgan fingerprint density at radius 3 is 2.42 bits per heavy atom. The number of thioether (sulfide) groups is 1. The molecule has 0 aliphatic carbocycles. The summed E-state index contributed by atoms with van der Waals surface area (Å²) in [6, 6.07) is 12.3. The number of ether oxygens (including phenoxy) is 1. The highest BCUT2D eigenvalue weighted by molar-refractivity contribution is 8.14. The lowest BCUT2D eigenvalue weighted by Gasteiger charge is -2.36. The number of halogens is 2. The van der Waals surface area contributed by atoms with Crippen LogP contribution in [-0.4, -0.2) is 40.9 Å². The molecule has 162 valence electrons. The summed E-state index contributed by atoms with van der Waals surface area (Å²) in [5.74, 6) is -0.158. The molecule has 1 N–H and O–H groups in total. The third-order valence-electron chi connectivity index (χ3n) is 5.62. The minimum absolute atomic E-state index is 0.158. The Labute approximate surface area is 194 Å². The van der Waals surface area contributed by atoms with Crippen molar-refractivity contribution in [1.29, 1.82) is 0 Å². The number of imide groups is 1. The monoisotopic (exact) mass is 478 g/mol. The smallest absolute Gasteiger partial charge is 0.289 e. The topological polar surface area (TPSA) is 75.7 Å².